The van der Waals surface area contributed by atoms with Gasteiger partial charge in [-0.25, -0.2) is 0 Å². The molecule has 0 heterocycles. The van der Waals surface area contributed by atoms with Crippen LogP contribution in [0.1, 0.15) is 0 Å². The zero-order valence-electron chi connectivity index (χ0n) is 31.3. The zero-order valence-corrected chi connectivity index (χ0v) is 71.1. The largest absolute Gasteiger partial charge is 1.00 e. The van der Waals surface area contributed by atoms with Crippen LogP contribution in [0.4, 0.5) is 0 Å². The molecular formula is C12H25K11N4O18P6. The molecule has 1 N–H and O–H groups in total. The first-order valence-electron chi connectivity index (χ1n) is 10.5. The van der Waals surface area contributed by atoms with Crippen molar-refractivity contribution in [1.29, 1.82) is 0 Å². The van der Waals surface area contributed by atoms with E-state index in [9.17, 15) is 81.2 Å². The molecule has 0 aliphatic heterocycles. The first kappa shape index (κ1) is 98.8. The van der Waals surface area contributed by atoms with Crippen molar-refractivity contribution < 1.29 is 651 Å². The maximum atomic E-state index is 11.3. The summed E-state index contributed by atoms with van der Waals surface area (Å²) in [6.07, 6.45) is -8.33. The van der Waals surface area contributed by atoms with Gasteiger partial charge in [-0.15, -0.1) is 0 Å². The second kappa shape index (κ2) is 50.9. The summed E-state index contributed by atoms with van der Waals surface area (Å²) < 4.78 is 66.8. The third-order valence-corrected chi connectivity index (χ3v) is 8.93. The van der Waals surface area contributed by atoms with Gasteiger partial charge in [0, 0.05) is 70.7 Å². The van der Waals surface area contributed by atoms with Crippen molar-refractivity contribution in [3.05, 3.63) is 0 Å². The Morgan fingerprint density at radius 3 is 0.588 bits per heavy atom. The van der Waals surface area contributed by atoms with Crippen LogP contribution in [-0.2, 0) is 27.4 Å². The molecule has 51 heavy (non-hydrogen) atoms. The molecule has 0 fully saturated rings. The number of rotatable bonds is 21. The SMILES string of the molecule is O=P([O-])([O-])CN(CCN(CCN(CP(=O)([O-])[O-])CP(=O)([O-])O)CP(=O)([O-])[O-])CCN(CP(=O)([O-])[O-])CP(=O)([O-])[O-].[K+].[K+].[K+].[K+].[K+].[K+].[K+].[K+].[K+].[K+].[K+]. The summed E-state index contributed by atoms with van der Waals surface area (Å²) in [5, 5.41) is 0. The van der Waals surface area contributed by atoms with Gasteiger partial charge in [-0.2, -0.15) is 0 Å². The molecule has 22 nitrogen and oxygen atoms in total. The van der Waals surface area contributed by atoms with Gasteiger partial charge in [0.1, 0.15) is 7.60 Å². The quantitative estimate of drug-likeness (QED) is 0.0824. The van der Waals surface area contributed by atoms with E-state index in [4.69, 9.17) is 4.89 Å². The zero-order chi connectivity index (χ0) is 31.8. The van der Waals surface area contributed by atoms with Gasteiger partial charge in [-0.05, 0) is 0 Å². The first-order chi connectivity index (χ1) is 17.5. The third-order valence-electron chi connectivity index (χ3n) is 4.44. The van der Waals surface area contributed by atoms with Crippen LogP contribution in [0.15, 0.2) is 0 Å². The van der Waals surface area contributed by atoms with Gasteiger partial charge in [-0.1, -0.05) is 38.0 Å². The Kier molecular flexibility index (Phi) is 98.6. The van der Waals surface area contributed by atoms with E-state index in [1.165, 1.54) is 0 Å². The molecule has 242 valence electrons. The Labute approximate surface area is 766 Å². The molecule has 0 bridgehead atoms. The number of nitrogens with zero attached hydrogens (tertiary/aromatic N) is 4. The van der Waals surface area contributed by atoms with Crippen molar-refractivity contribution in [3.63, 3.8) is 0 Å². The van der Waals surface area contributed by atoms with Crippen LogP contribution < -0.4 is 619 Å². The Balaban J connectivity index is -0.000000138. The second-order valence-corrected chi connectivity index (χ2v) is 17.6. The van der Waals surface area contributed by atoms with Crippen LogP contribution in [0.25, 0.3) is 0 Å². The Morgan fingerprint density at radius 2 is 0.431 bits per heavy atom. The molecule has 0 aromatic carbocycles. The maximum Gasteiger partial charge on any atom is 1.00 e. The van der Waals surface area contributed by atoms with Gasteiger partial charge in [0.25, 0.3) is 0 Å². The van der Waals surface area contributed by atoms with Gasteiger partial charge in [0.15, 0.2) is 0 Å². The van der Waals surface area contributed by atoms with Gasteiger partial charge < -0.3 is 86.1 Å². The minimum absolute atomic E-state index is 0. The number of hydrogen-bond donors (Lipinski definition) is 1. The van der Waals surface area contributed by atoms with Gasteiger partial charge in [-0.3, -0.25) is 19.6 Å². The van der Waals surface area contributed by atoms with Crippen molar-refractivity contribution in [2.45, 2.75) is 0 Å². The van der Waals surface area contributed by atoms with E-state index in [0.717, 1.165) is 4.90 Å². The molecule has 0 aliphatic rings. The Hall–Kier alpha value is 18.7. The molecule has 0 aliphatic carbocycles. The number of hydrogen-bond acceptors (Lipinski definition) is 21. The predicted octanol–water partition coefficient (Wildman–Crippen LogP) is -42.9. The molecular weight excluding hydrogens is 1100 g/mol. The minimum Gasteiger partial charge on any atom is -0.810 e. The van der Waals surface area contributed by atoms with Gasteiger partial charge >= 0.3 is 565 Å². The fourth-order valence-corrected chi connectivity index (χ4v) is 8.01. The average molecular weight is 1130 g/mol. The smallest absolute Gasteiger partial charge is 0.810 e. The topological polar surface area (TPSA) is 389 Å². The normalized spacial score (nSPS) is 12.5. The van der Waals surface area contributed by atoms with Crippen LogP contribution in [0.5, 0.6) is 0 Å². The molecule has 0 saturated carbocycles. The molecule has 0 spiro atoms. The van der Waals surface area contributed by atoms with E-state index in [0.29, 0.717) is 14.7 Å². The van der Waals surface area contributed by atoms with E-state index in [2.05, 4.69) is 0 Å². The van der Waals surface area contributed by atoms with E-state index in [1.54, 1.807) is 0 Å². The van der Waals surface area contributed by atoms with Crippen LogP contribution in [-0.4, -0.2) is 101 Å². The van der Waals surface area contributed by atoms with Crippen molar-refractivity contribution >= 4 is 45.6 Å². The molecule has 0 rings (SSSR count). The summed E-state index contributed by atoms with van der Waals surface area (Å²) >= 11 is 0. The maximum absolute atomic E-state index is 11.3. The molecule has 1 unspecified atom stereocenters. The molecule has 0 radical (unpaired) electrons. The summed E-state index contributed by atoms with van der Waals surface area (Å²) in [5.41, 5.74) is 0. The van der Waals surface area contributed by atoms with Crippen molar-refractivity contribution in [1.82, 2.24) is 19.6 Å². The van der Waals surface area contributed by atoms with E-state index in [1.807, 2.05) is 0 Å². The van der Waals surface area contributed by atoms with Crippen LogP contribution in [0.3, 0.4) is 0 Å². The first-order valence-corrected chi connectivity index (χ1v) is 20.9. The monoisotopic (exact) mass is 1130 g/mol. The fraction of sp³-hybridized carbons (Fsp3) is 1.00. The molecule has 1 atom stereocenters. The van der Waals surface area contributed by atoms with Crippen molar-refractivity contribution in [2.75, 3.05) is 77.0 Å². The summed E-state index contributed by atoms with van der Waals surface area (Å²) in [4.78, 5) is 134. The van der Waals surface area contributed by atoms with Crippen LogP contribution in [0.2, 0.25) is 0 Å². The van der Waals surface area contributed by atoms with Crippen molar-refractivity contribution in [3.8, 4) is 0 Å². The van der Waals surface area contributed by atoms with Crippen LogP contribution in [0, 0.1) is 0 Å². The molecule has 0 saturated heterocycles. The van der Waals surface area contributed by atoms with Crippen molar-refractivity contribution in [2.24, 2.45) is 0 Å². The Bertz CT molecular complexity index is 980. The molecule has 0 amide bonds. The summed E-state index contributed by atoms with van der Waals surface area (Å²) in [7, 11) is -32.2. The Morgan fingerprint density at radius 1 is 0.294 bits per heavy atom. The standard InChI is InChI=1S/C12H36N4O18P6.11K/c17-35(18,19)7-13(3-5-15(9-37(23,24)25)10-38(26,27)28)1-2-14(8-36(20,21)22)4-6-16(11-39(29,30)31)12-40(32,33)34;;;;;;;;;;;/h1-12H2,(H2,17,18,19)(H2,20,21,22)(H2,23,24,25)(H2,26,27,28)(H2,29,30,31)(H2,32,33,34);;;;;;;;;;;/q;11*+1/p-11. The average Bonchev–Trinajstić information content (AvgIpc) is 2.60. The minimum atomic E-state index is -5.42. The van der Waals surface area contributed by atoms with E-state index in [-0.39, 0.29) is 565 Å². The predicted molar refractivity (Wildman–Crippen MR) is 114 cm³/mol. The second-order valence-electron chi connectivity index (χ2n) is 8.57. The van der Waals surface area contributed by atoms with E-state index < -0.39 is 123 Å². The van der Waals surface area contributed by atoms with Gasteiger partial charge in [0.05, 0.1) is 6.29 Å². The molecule has 39 heteroatoms. The van der Waals surface area contributed by atoms with Crippen LogP contribution >= 0.6 is 45.6 Å². The van der Waals surface area contributed by atoms with Gasteiger partial charge in [0.2, 0.25) is 0 Å². The van der Waals surface area contributed by atoms with E-state index >= 15 is 0 Å². The fourth-order valence-electron chi connectivity index (χ4n) is 3.20. The summed E-state index contributed by atoms with van der Waals surface area (Å²) in [6.45, 7) is -4.09. The summed E-state index contributed by atoms with van der Waals surface area (Å²) in [6, 6.07) is 0. The third kappa shape index (κ3) is 75.4. The molecule has 0 aromatic rings. The molecule has 0 aromatic heterocycles. The summed E-state index contributed by atoms with van der Waals surface area (Å²) in [5.74, 6) is 0.